The maximum atomic E-state index is 5.97. The Bertz CT molecular complexity index is 487. The fourth-order valence-electron chi connectivity index (χ4n) is 2.46. The molecule has 108 valence electrons. The predicted molar refractivity (Wildman–Crippen MR) is 84.5 cm³/mol. The lowest BCUT2D eigenvalue weighted by Crippen LogP contribution is -2.39. The highest BCUT2D eigenvalue weighted by Gasteiger charge is 2.44. The van der Waals surface area contributed by atoms with E-state index < -0.39 is 0 Å². The number of hydrogen-bond donors (Lipinski definition) is 2. The number of hydrogen-bond acceptors (Lipinski definition) is 1. The van der Waals surface area contributed by atoms with Gasteiger partial charge in [-0.05, 0) is 50.3 Å². The van der Waals surface area contributed by atoms with Gasteiger partial charge in [0.05, 0.1) is 6.54 Å². The van der Waals surface area contributed by atoms with Crippen molar-refractivity contribution in [1.29, 1.82) is 0 Å². The highest BCUT2D eigenvalue weighted by molar-refractivity contribution is 6.30. The van der Waals surface area contributed by atoms with Gasteiger partial charge in [0.15, 0.2) is 5.96 Å². The zero-order valence-electron chi connectivity index (χ0n) is 12.0. The molecule has 4 heteroatoms. The maximum absolute atomic E-state index is 5.97. The summed E-state index contributed by atoms with van der Waals surface area (Å²) in [5.41, 5.74) is 1.61. The van der Waals surface area contributed by atoms with E-state index in [9.17, 15) is 0 Å². The van der Waals surface area contributed by atoms with Crippen molar-refractivity contribution in [3.8, 4) is 0 Å². The molecule has 0 saturated heterocycles. The number of nitrogens with zero attached hydrogens (tertiary/aromatic N) is 1. The smallest absolute Gasteiger partial charge is 0.191 e. The third-order valence-electron chi connectivity index (χ3n) is 4.11. The van der Waals surface area contributed by atoms with E-state index in [2.05, 4.69) is 29.7 Å². The first kappa shape index (κ1) is 13.7. The molecule has 3 nitrogen and oxygen atoms in total. The number of halogens is 1. The molecule has 2 aliphatic rings. The summed E-state index contributed by atoms with van der Waals surface area (Å²) in [5.74, 6) is 0.968. The van der Waals surface area contributed by atoms with Crippen molar-refractivity contribution in [1.82, 2.24) is 10.6 Å². The number of aliphatic imine (C=N–C) groups is 1. The van der Waals surface area contributed by atoms with Gasteiger partial charge in [0.2, 0.25) is 0 Å². The molecule has 2 fully saturated rings. The predicted octanol–water partition coefficient (Wildman–Crippen LogP) is 3.09. The first-order valence-electron chi connectivity index (χ1n) is 7.53. The summed E-state index contributed by atoms with van der Waals surface area (Å²) in [6.45, 7) is 3.87. The fraction of sp³-hybridized carbons (Fsp3) is 0.562. The van der Waals surface area contributed by atoms with Crippen LogP contribution in [0.3, 0.4) is 0 Å². The quantitative estimate of drug-likeness (QED) is 0.646. The summed E-state index contributed by atoms with van der Waals surface area (Å²) >= 11 is 5.97. The molecule has 0 bridgehead atoms. The van der Waals surface area contributed by atoms with Crippen LogP contribution >= 0.6 is 11.6 Å². The van der Waals surface area contributed by atoms with Gasteiger partial charge in [-0.2, -0.15) is 0 Å². The van der Waals surface area contributed by atoms with E-state index in [1.54, 1.807) is 0 Å². The Morgan fingerprint density at radius 1 is 1.30 bits per heavy atom. The van der Waals surface area contributed by atoms with Gasteiger partial charge >= 0.3 is 0 Å². The minimum atomic E-state index is 0.247. The van der Waals surface area contributed by atoms with E-state index in [4.69, 9.17) is 16.6 Å². The molecule has 2 aliphatic carbocycles. The van der Waals surface area contributed by atoms with Crippen LogP contribution in [-0.4, -0.2) is 25.1 Å². The van der Waals surface area contributed by atoms with Crippen molar-refractivity contribution in [2.24, 2.45) is 4.99 Å². The molecular formula is C16H22ClN3. The van der Waals surface area contributed by atoms with Gasteiger partial charge in [-0.15, -0.1) is 0 Å². The number of benzene rings is 1. The third-order valence-corrected chi connectivity index (χ3v) is 4.36. The summed E-state index contributed by atoms with van der Waals surface area (Å²) < 4.78 is 0. The Hall–Kier alpha value is -1.22. The van der Waals surface area contributed by atoms with Gasteiger partial charge in [0.1, 0.15) is 0 Å². The van der Waals surface area contributed by atoms with E-state index in [1.807, 2.05) is 12.1 Å². The second kappa shape index (κ2) is 5.65. The lowest BCUT2D eigenvalue weighted by atomic mass is 9.96. The van der Waals surface area contributed by atoms with Crippen LogP contribution in [0.2, 0.25) is 5.02 Å². The van der Waals surface area contributed by atoms with Crippen LogP contribution in [0, 0.1) is 0 Å². The molecule has 20 heavy (non-hydrogen) atoms. The van der Waals surface area contributed by atoms with E-state index in [0.29, 0.717) is 6.04 Å². The highest BCUT2D eigenvalue weighted by Crippen LogP contribution is 2.48. The van der Waals surface area contributed by atoms with E-state index in [1.165, 1.54) is 31.2 Å². The molecule has 0 radical (unpaired) electrons. The van der Waals surface area contributed by atoms with Crippen molar-refractivity contribution in [3.63, 3.8) is 0 Å². The molecule has 0 aliphatic heterocycles. The Morgan fingerprint density at radius 3 is 2.55 bits per heavy atom. The average molecular weight is 292 g/mol. The van der Waals surface area contributed by atoms with Gasteiger partial charge in [0.25, 0.3) is 0 Å². The first-order chi connectivity index (χ1) is 9.72. The molecule has 1 aromatic rings. The lowest BCUT2D eigenvalue weighted by Gasteiger charge is -2.16. The third kappa shape index (κ3) is 3.26. The monoisotopic (exact) mass is 291 g/mol. The minimum absolute atomic E-state index is 0.247. The van der Waals surface area contributed by atoms with Crippen molar-refractivity contribution < 1.29 is 0 Å². The number of guanidine groups is 1. The van der Waals surface area contributed by atoms with Crippen LogP contribution in [0.4, 0.5) is 0 Å². The van der Waals surface area contributed by atoms with Gasteiger partial charge < -0.3 is 10.6 Å². The molecule has 1 aromatic carbocycles. The van der Waals surface area contributed by atoms with E-state index in [-0.39, 0.29) is 5.41 Å². The van der Waals surface area contributed by atoms with Crippen molar-refractivity contribution in [2.45, 2.75) is 44.1 Å². The maximum Gasteiger partial charge on any atom is 0.191 e. The topological polar surface area (TPSA) is 36.4 Å². The molecule has 0 aromatic heterocycles. The largest absolute Gasteiger partial charge is 0.357 e. The first-order valence-corrected chi connectivity index (χ1v) is 7.90. The summed E-state index contributed by atoms with van der Waals surface area (Å²) in [6, 6.07) is 8.89. The normalized spacial score (nSPS) is 20.6. The average Bonchev–Trinajstić information content (AvgIpc) is 3.33. The molecule has 3 rings (SSSR count). The van der Waals surface area contributed by atoms with Gasteiger partial charge in [-0.3, -0.25) is 4.99 Å². The number of rotatable bonds is 5. The van der Waals surface area contributed by atoms with Gasteiger partial charge in [-0.1, -0.05) is 23.7 Å². The molecule has 2 saturated carbocycles. The van der Waals surface area contributed by atoms with Crippen LogP contribution in [0.15, 0.2) is 29.3 Å². The van der Waals surface area contributed by atoms with E-state index >= 15 is 0 Å². The standard InChI is InChI=1S/C16H22ClN3/c1-2-18-15(20-14-7-8-14)19-11-16(9-10-16)12-3-5-13(17)6-4-12/h3-6,14H,2,7-11H2,1H3,(H2,18,19,20). The van der Waals surface area contributed by atoms with Gasteiger partial charge in [-0.25, -0.2) is 0 Å². The summed E-state index contributed by atoms with van der Waals surface area (Å²) in [7, 11) is 0. The zero-order chi connectivity index (χ0) is 14.0. The summed E-state index contributed by atoms with van der Waals surface area (Å²) in [5, 5.41) is 7.61. The molecule has 0 heterocycles. The number of nitrogens with one attached hydrogen (secondary N) is 2. The molecular weight excluding hydrogens is 270 g/mol. The molecule has 0 atom stereocenters. The molecule has 0 unspecified atom stereocenters. The van der Waals surface area contributed by atoms with E-state index in [0.717, 1.165) is 24.1 Å². The summed E-state index contributed by atoms with van der Waals surface area (Å²) in [4.78, 5) is 4.79. The van der Waals surface area contributed by atoms with Crippen LogP contribution in [0.5, 0.6) is 0 Å². The van der Waals surface area contributed by atoms with Gasteiger partial charge in [0, 0.05) is 23.0 Å². The Labute approximate surface area is 125 Å². The Balaban J connectivity index is 1.67. The molecule has 2 N–H and O–H groups in total. The van der Waals surface area contributed by atoms with Crippen molar-refractivity contribution >= 4 is 17.6 Å². The fourth-order valence-corrected chi connectivity index (χ4v) is 2.59. The lowest BCUT2D eigenvalue weighted by molar-refractivity contribution is 0.692. The zero-order valence-corrected chi connectivity index (χ0v) is 12.7. The Morgan fingerprint density at radius 2 is 2.00 bits per heavy atom. The molecule has 0 spiro atoms. The second-order valence-electron chi connectivity index (χ2n) is 5.90. The highest BCUT2D eigenvalue weighted by atomic mass is 35.5. The van der Waals surface area contributed by atoms with Crippen LogP contribution in [-0.2, 0) is 5.41 Å². The van der Waals surface area contributed by atoms with Crippen LogP contribution < -0.4 is 10.6 Å². The summed E-state index contributed by atoms with van der Waals surface area (Å²) in [6.07, 6.45) is 4.99. The van der Waals surface area contributed by atoms with Crippen molar-refractivity contribution in [3.05, 3.63) is 34.9 Å². The second-order valence-corrected chi connectivity index (χ2v) is 6.34. The SMILES string of the molecule is CCNC(=NCC1(c2ccc(Cl)cc2)CC1)NC1CC1. The van der Waals surface area contributed by atoms with Crippen molar-refractivity contribution in [2.75, 3.05) is 13.1 Å². The molecule has 0 amide bonds. The Kier molecular flexibility index (Phi) is 3.88. The minimum Gasteiger partial charge on any atom is -0.357 e. The van der Waals surface area contributed by atoms with Crippen LogP contribution in [0.25, 0.3) is 0 Å². The van der Waals surface area contributed by atoms with Crippen LogP contribution in [0.1, 0.15) is 38.2 Å².